The van der Waals surface area contributed by atoms with Gasteiger partial charge in [-0.3, -0.25) is 33.8 Å². The zero-order valence-electron chi connectivity index (χ0n) is 37.6. The van der Waals surface area contributed by atoms with Crippen molar-refractivity contribution in [3.8, 4) is 28.1 Å². The molecule has 0 saturated carbocycles. The van der Waals surface area contributed by atoms with Gasteiger partial charge in [0.2, 0.25) is 11.8 Å². The fourth-order valence-electron chi connectivity index (χ4n) is 7.99. The summed E-state index contributed by atoms with van der Waals surface area (Å²) in [5, 5.41) is 14.3. The monoisotopic (exact) mass is 916 g/mol. The number of imidazole rings is 1. The van der Waals surface area contributed by atoms with Crippen LogP contribution in [0.5, 0.6) is 5.75 Å². The van der Waals surface area contributed by atoms with Gasteiger partial charge in [0.25, 0.3) is 11.8 Å². The molecular formula is C51H48N8O9. The van der Waals surface area contributed by atoms with E-state index >= 15 is 0 Å². The molecule has 4 amide bonds. The number of aromatic nitrogens is 5. The summed E-state index contributed by atoms with van der Waals surface area (Å²) < 4.78 is 26.6. The number of esters is 1. The van der Waals surface area contributed by atoms with Crippen molar-refractivity contribution in [1.29, 1.82) is 0 Å². The smallest absolute Gasteiger partial charge is 0.338 e. The Balaban J connectivity index is 0.773. The quantitative estimate of drug-likeness (QED) is 0.0538. The maximum absolute atomic E-state index is 13.3. The number of piperidine rings is 1. The third kappa shape index (κ3) is 10.0. The molecule has 7 aromatic rings. The second kappa shape index (κ2) is 19.4. The van der Waals surface area contributed by atoms with E-state index in [-0.39, 0.29) is 68.7 Å². The zero-order valence-corrected chi connectivity index (χ0v) is 37.6. The van der Waals surface area contributed by atoms with E-state index in [2.05, 4.69) is 45.2 Å². The summed E-state index contributed by atoms with van der Waals surface area (Å²) >= 11 is 0. The van der Waals surface area contributed by atoms with E-state index in [0.717, 1.165) is 50.0 Å². The number of benzene rings is 4. The van der Waals surface area contributed by atoms with Gasteiger partial charge in [0.15, 0.2) is 0 Å². The molecule has 0 radical (unpaired) electrons. The van der Waals surface area contributed by atoms with Crippen LogP contribution in [0.15, 0.2) is 122 Å². The Morgan fingerprint density at radius 2 is 1.57 bits per heavy atom. The van der Waals surface area contributed by atoms with Crippen LogP contribution in [0.1, 0.15) is 75.9 Å². The molecule has 2 aliphatic rings. The lowest BCUT2D eigenvalue weighted by molar-refractivity contribution is -0.136. The minimum absolute atomic E-state index is 0.0369. The number of ether oxygens (including phenoxy) is 4. The first-order chi connectivity index (χ1) is 32.9. The topological polar surface area (TPSA) is 198 Å². The molecule has 1 atom stereocenters. The molecule has 5 heterocycles. The molecular weight excluding hydrogens is 869 g/mol. The predicted molar refractivity (Wildman–Crippen MR) is 249 cm³/mol. The highest BCUT2D eigenvalue weighted by molar-refractivity contribution is 6.24. The maximum Gasteiger partial charge on any atom is 0.338 e. The van der Waals surface area contributed by atoms with Gasteiger partial charge < -0.3 is 24.3 Å². The molecule has 2 N–H and O–H groups in total. The van der Waals surface area contributed by atoms with E-state index in [4.69, 9.17) is 23.9 Å². The van der Waals surface area contributed by atoms with E-state index in [1.807, 2.05) is 92.2 Å². The second-order valence-electron chi connectivity index (χ2n) is 17.3. The van der Waals surface area contributed by atoms with E-state index in [9.17, 15) is 24.0 Å². The van der Waals surface area contributed by atoms with Gasteiger partial charge in [0.05, 0.1) is 55.9 Å². The third-order valence-corrected chi connectivity index (χ3v) is 11.2. The first-order valence-electron chi connectivity index (χ1n) is 22.2. The molecule has 2 aliphatic heterocycles. The van der Waals surface area contributed by atoms with Gasteiger partial charge in [-0.1, -0.05) is 65.9 Å². The Bertz CT molecular complexity index is 3010. The normalized spacial score (nSPS) is 14.9. The van der Waals surface area contributed by atoms with E-state index in [1.54, 1.807) is 28.9 Å². The molecule has 3 aromatic heterocycles. The number of imide groups is 2. The van der Waals surface area contributed by atoms with E-state index < -0.39 is 35.3 Å². The van der Waals surface area contributed by atoms with Crippen LogP contribution in [0.4, 0.5) is 11.5 Å². The van der Waals surface area contributed by atoms with Crippen molar-refractivity contribution in [2.24, 2.45) is 0 Å². The van der Waals surface area contributed by atoms with E-state index in [1.165, 1.54) is 6.07 Å². The van der Waals surface area contributed by atoms with Crippen LogP contribution in [0.25, 0.3) is 28.0 Å². The number of rotatable bonds is 17. The lowest BCUT2D eigenvalue weighted by Crippen LogP contribution is -2.54. The van der Waals surface area contributed by atoms with Crippen molar-refractivity contribution in [3.63, 3.8) is 0 Å². The van der Waals surface area contributed by atoms with Gasteiger partial charge in [0, 0.05) is 23.9 Å². The first kappa shape index (κ1) is 45.1. The number of anilines is 2. The van der Waals surface area contributed by atoms with Crippen LogP contribution < -0.4 is 15.4 Å². The van der Waals surface area contributed by atoms with Gasteiger partial charge in [-0.2, -0.15) is 0 Å². The summed E-state index contributed by atoms with van der Waals surface area (Å²) in [5.41, 5.74) is 7.09. The number of hydrogen-bond donors (Lipinski definition) is 2. The van der Waals surface area contributed by atoms with Crippen molar-refractivity contribution in [3.05, 3.63) is 150 Å². The number of hydrogen-bond acceptors (Lipinski definition) is 13. The number of pyridine rings is 1. The number of amides is 4. The highest BCUT2D eigenvalue weighted by Crippen LogP contribution is 2.35. The molecule has 17 nitrogen and oxygen atoms in total. The molecule has 0 bridgehead atoms. The third-order valence-electron chi connectivity index (χ3n) is 11.2. The van der Waals surface area contributed by atoms with Gasteiger partial charge in [-0.15, -0.1) is 5.10 Å². The summed E-state index contributed by atoms with van der Waals surface area (Å²) in [4.78, 5) is 69.1. The fraction of sp³-hybridized carbons (Fsp3) is 0.255. The van der Waals surface area contributed by atoms with Crippen molar-refractivity contribution in [1.82, 2.24) is 34.6 Å². The molecule has 346 valence electrons. The maximum atomic E-state index is 13.3. The molecule has 0 spiro atoms. The van der Waals surface area contributed by atoms with Crippen molar-refractivity contribution >= 4 is 46.8 Å². The number of carbonyl (C=O) groups excluding carboxylic acids is 5. The minimum atomic E-state index is -1.06. The van der Waals surface area contributed by atoms with Gasteiger partial charge >= 0.3 is 5.97 Å². The highest BCUT2D eigenvalue weighted by atomic mass is 16.6. The second-order valence-corrected chi connectivity index (χ2v) is 17.3. The molecule has 17 heteroatoms. The Kier molecular flexibility index (Phi) is 12.9. The van der Waals surface area contributed by atoms with Gasteiger partial charge in [0.1, 0.15) is 46.9 Å². The van der Waals surface area contributed by atoms with Gasteiger partial charge in [-0.25, -0.2) is 14.5 Å². The minimum Gasteiger partial charge on any atom is -0.490 e. The van der Waals surface area contributed by atoms with Crippen LogP contribution in [0.2, 0.25) is 0 Å². The SMILES string of the molecule is CC(C)(C)OC(=O)c1ccc(Nc2c(-c3ccc(Cn4cc(COCCOCCOc5cccc6c5C(=O)N(C5CCC(=O)NC5=O)C6=O)nn4)cc3)nc3cc(-c4ccccc4)ccn23)cc1. The molecule has 1 unspecified atom stereocenters. The molecule has 4 aromatic carbocycles. The average Bonchev–Trinajstić information content (AvgIpc) is 4.00. The highest BCUT2D eigenvalue weighted by Gasteiger charge is 2.46. The van der Waals surface area contributed by atoms with Crippen molar-refractivity contribution in [2.45, 2.75) is 58.4 Å². The predicted octanol–water partition coefficient (Wildman–Crippen LogP) is 7.02. The molecule has 68 heavy (non-hydrogen) atoms. The van der Waals surface area contributed by atoms with Crippen molar-refractivity contribution < 1.29 is 42.9 Å². The molecule has 1 fully saturated rings. The standard InChI is InChI=1S/C51H48N8O9/c1-51(2,3)68-50(64)35-16-18-37(19-17-35)52-46-45(53-42-28-36(22-23-58(42)46)33-8-5-4-6-9-33)34-14-12-32(13-15-34)29-57-30-38(55-56-57)31-66-25-24-65-26-27-67-41-11-7-10-39-44(41)49(63)59(48(39)62)40-20-21-43(60)54-47(40)61/h4-19,22-23,28,30,40,52H,20-21,24-27,29,31H2,1-3H3,(H,54,60,61). The summed E-state index contributed by atoms with van der Waals surface area (Å²) in [6.45, 7) is 7.09. The molecule has 0 aliphatic carbocycles. The largest absolute Gasteiger partial charge is 0.490 e. The van der Waals surface area contributed by atoms with Crippen LogP contribution in [-0.4, -0.2) is 96.9 Å². The van der Waals surface area contributed by atoms with Crippen molar-refractivity contribution in [2.75, 3.05) is 31.7 Å². The van der Waals surface area contributed by atoms with Crippen LogP contribution in [0, 0.1) is 0 Å². The summed E-state index contributed by atoms with van der Waals surface area (Å²) in [6, 6.07) is 33.2. The number of nitrogens with zero attached hydrogens (tertiary/aromatic N) is 6. The lowest BCUT2D eigenvalue weighted by atomic mass is 10.0. The lowest BCUT2D eigenvalue weighted by Gasteiger charge is -2.27. The summed E-state index contributed by atoms with van der Waals surface area (Å²) in [5.74, 6) is -1.75. The fourth-order valence-corrected chi connectivity index (χ4v) is 7.99. The van der Waals surface area contributed by atoms with E-state index in [0.29, 0.717) is 17.8 Å². The zero-order chi connectivity index (χ0) is 47.4. The van der Waals surface area contributed by atoms with Gasteiger partial charge in [-0.05, 0) is 92.4 Å². The van der Waals surface area contributed by atoms with Crippen LogP contribution in [0.3, 0.4) is 0 Å². The Hall–Kier alpha value is -8.02. The van der Waals surface area contributed by atoms with Crippen LogP contribution >= 0.6 is 0 Å². The Morgan fingerprint density at radius 1 is 0.809 bits per heavy atom. The number of nitrogens with one attached hydrogen (secondary N) is 2. The molecule has 9 rings (SSSR count). The summed E-state index contributed by atoms with van der Waals surface area (Å²) in [6.07, 6.45) is 3.94. The average molecular weight is 917 g/mol. The Labute approximate surface area is 391 Å². The summed E-state index contributed by atoms with van der Waals surface area (Å²) in [7, 11) is 0. The molecule has 1 saturated heterocycles. The number of fused-ring (bicyclic) bond motifs is 2. The Morgan fingerprint density at radius 3 is 2.34 bits per heavy atom. The number of carbonyl (C=O) groups is 5. The van der Waals surface area contributed by atoms with Crippen LogP contribution in [-0.2, 0) is 37.0 Å². The first-order valence-corrected chi connectivity index (χ1v) is 22.2.